The van der Waals surface area contributed by atoms with Gasteiger partial charge in [-0.05, 0) is 62.6 Å². The van der Waals surface area contributed by atoms with Crippen molar-refractivity contribution in [3.8, 4) is 5.75 Å². The van der Waals surface area contributed by atoms with Crippen molar-refractivity contribution in [2.75, 3.05) is 18.0 Å². The zero-order valence-electron chi connectivity index (χ0n) is 24.1. The van der Waals surface area contributed by atoms with Gasteiger partial charge in [0.15, 0.2) is 0 Å². The zero-order valence-corrected chi connectivity index (χ0v) is 25.7. The van der Waals surface area contributed by atoms with Gasteiger partial charge < -0.3 is 15.0 Å². The number of rotatable bonds is 13. The van der Waals surface area contributed by atoms with Gasteiger partial charge >= 0.3 is 0 Å². The highest BCUT2D eigenvalue weighted by Crippen LogP contribution is 2.28. The molecule has 8 nitrogen and oxygen atoms in total. The summed E-state index contributed by atoms with van der Waals surface area (Å²) in [6.45, 7) is 7.02. The molecule has 0 bridgehead atoms. The molecule has 0 fully saturated rings. The third-order valence-electron chi connectivity index (χ3n) is 6.91. The molecule has 1 N–H and O–H groups in total. The van der Waals surface area contributed by atoms with Crippen LogP contribution in [0.25, 0.3) is 0 Å². The van der Waals surface area contributed by atoms with E-state index in [-0.39, 0.29) is 29.1 Å². The van der Waals surface area contributed by atoms with E-state index < -0.39 is 28.5 Å². The molecular formula is C31H38ClN3O5S. The molecule has 0 radical (unpaired) electrons. The second-order valence-corrected chi connectivity index (χ2v) is 12.2. The molecule has 2 atom stereocenters. The molecule has 0 aliphatic heterocycles. The normalized spacial score (nSPS) is 12.7. The predicted molar refractivity (Wildman–Crippen MR) is 163 cm³/mol. The highest BCUT2D eigenvalue weighted by atomic mass is 35.5. The number of halogens is 1. The van der Waals surface area contributed by atoms with E-state index in [2.05, 4.69) is 5.32 Å². The van der Waals surface area contributed by atoms with Crippen LogP contribution in [0.1, 0.15) is 44.7 Å². The van der Waals surface area contributed by atoms with Gasteiger partial charge in [0.05, 0.1) is 17.7 Å². The predicted octanol–water partition coefficient (Wildman–Crippen LogP) is 5.57. The Kier molecular flexibility index (Phi) is 11.2. The molecule has 0 aliphatic rings. The van der Waals surface area contributed by atoms with E-state index in [1.54, 1.807) is 60.7 Å². The first-order chi connectivity index (χ1) is 19.5. The lowest BCUT2D eigenvalue weighted by Gasteiger charge is -2.34. The van der Waals surface area contributed by atoms with E-state index in [1.165, 1.54) is 24.1 Å². The van der Waals surface area contributed by atoms with Gasteiger partial charge in [-0.3, -0.25) is 13.9 Å². The quantitative estimate of drug-likeness (QED) is 0.277. The van der Waals surface area contributed by atoms with E-state index in [0.29, 0.717) is 22.8 Å². The van der Waals surface area contributed by atoms with Crippen molar-refractivity contribution in [2.24, 2.45) is 0 Å². The Hall–Kier alpha value is -3.56. The summed E-state index contributed by atoms with van der Waals surface area (Å²) in [4.78, 5) is 29.0. The monoisotopic (exact) mass is 599 g/mol. The number of nitrogens with zero attached hydrogens (tertiary/aromatic N) is 2. The van der Waals surface area contributed by atoms with Crippen molar-refractivity contribution in [3.05, 3.63) is 88.9 Å². The molecule has 0 saturated carbocycles. The van der Waals surface area contributed by atoms with Crippen LogP contribution in [0.5, 0.6) is 5.75 Å². The van der Waals surface area contributed by atoms with E-state index in [4.69, 9.17) is 16.3 Å². The molecule has 0 heterocycles. The number of ether oxygens (including phenoxy) is 1. The van der Waals surface area contributed by atoms with Gasteiger partial charge in [0.25, 0.3) is 10.0 Å². The number of hydrogen-bond donors (Lipinski definition) is 1. The first kappa shape index (κ1) is 32.0. The molecule has 0 spiro atoms. The van der Waals surface area contributed by atoms with Crippen molar-refractivity contribution < 1.29 is 22.7 Å². The zero-order chi connectivity index (χ0) is 30.2. The number of sulfonamides is 1. The lowest BCUT2D eigenvalue weighted by atomic mass is 10.1. The van der Waals surface area contributed by atoms with Crippen LogP contribution in [0.15, 0.2) is 77.7 Å². The number of aryl methyl sites for hydroxylation is 1. The van der Waals surface area contributed by atoms with Gasteiger partial charge in [0.1, 0.15) is 18.3 Å². The van der Waals surface area contributed by atoms with Gasteiger partial charge in [-0.15, -0.1) is 0 Å². The van der Waals surface area contributed by atoms with Crippen LogP contribution in [0.2, 0.25) is 5.02 Å². The van der Waals surface area contributed by atoms with Gasteiger partial charge in [-0.25, -0.2) is 8.42 Å². The maximum Gasteiger partial charge on any atom is 0.264 e. The van der Waals surface area contributed by atoms with Crippen LogP contribution in [0.4, 0.5) is 5.69 Å². The summed E-state index contributed by atoms with van der Waals surface area (Å²) in [5, 5.41) is 3.41. The summed E-state index contributed by atoms with van der Waals surface area (Å²) >= 11 is 6.45. The summed E-state index contributed by atoms with van der Waals surface area (Å²) in [5.41, 5.74) is 1.80. The number of nitrogens with one attached hydrogen (secondary N) is 1. The molecule has 2 amide bonds. The maximum absolute atomic E-state index is 14.2. The van der Waals surface area contributed by atoms with Crippen LogP contribution >= 0.6 is 11.6 Å². The lowest BCUT2D eigenvalue weighted by molar-refractivity contribution is -0.140. The van der Waals surface area contributed by atoms with Crippen LogP contribution in [-0.4, -0.2) is 50.9 Å². The number of benzene rings is 3. The van der Waals surface area contributed by atoms with Gasteiger partial charge in [0.2, 0.25) is 11.8 Å². The third kappa shape index (κ3) is 8.01. The summed E-state index contributed by atoms with van der Waals surface area (Å²) in [6, 6.07) is 19.1. The fourth-order valence-electron chi connectivity index (χ4n) is 4.30. The Morgan fingerprint density at radius 1 is 0.976 bits per heavy atom. The Bertz CT molecular complexity index is 1450. The van der Waals surface area contributed by atoms with Crippen molar-refractivity contribution in [1.29, 1.82) is 0 Å². The Morgan fingerprint density at radius 3 is 2.27 bits per heavy atom. The number of amides is 2. The van der Waals surface area contributed by atoms with E-state index in [9.17, 15) is 18.0 Å². The minimum absolute atomic E-state index is 0.0292. The molecule has 0 aromatic heterocycles. The molecule has 220 valence electrons. The molecule has 3 aromatic rings. The van der Waals surface area contributed by atoms with Gasteiger partial charge in [-0.2, -0.15) is 0 Å². The highest BCUT2D eigenvalue weighted by molar-refractivity contribution is 7.92. The van der Waals surface area contributed by atoms with Gasteiger partial charge in [0, 0.05) is 23.7 Å². The third-order valence-corrected chi connectivity index (χ3v) is 9.07. The molecular weight excluding hydrogens is 562 g/mol. The summed E-state index contributed by atoms with van der Waals surface area (Å²) < 4.78 is 34.4. The minimum Gasteiger partial charge on any atom is -0.497 e. The lowest BCUT2D eigenvalue weighted by Crippen LogP contribution is -2.53. The smallest absolute Gasteiger partial charge is 0.264 e. The maximum atomic E-state index is 14.2. The topological polar surface area (TPSA) is 96.0 Å². The number of carbonyl (C=O) groups is 2. The molecule has 2 unspecified atom stereocenters. The summed E-state index contributed by atoms with van der Waals surface area (Å²) in [6.07, 6.45) is 1.04. The molecule has 0 saturated heterocycles. The first-order valence-electron chi connectivity index (χ1n) is 13.6. The SMILES string of the molecule is CCC(C)NC(=O)C(CC)N(Cc1ccccc1Cl)C(=O)CN(c1cccc(OC)c1)S(=O)(=O)c1ccc(C)cc1. The van der Waals surface area contributed by atoms with E-state index in [0.717, 1.165) is 16.3 Å². The number of hydrogen-bond acceptors (Lipinski definition) is 5. The summed E-state index contributed by atoms with van der Waals surface area (Å²) in [5.74, 6) is -0.419. The van der Waals surface area contributed by atoms with Crippen molar-refractivity contribution in [1.82, 2.24) is 10.2 Å². The molecule has 3 rings (SSSR count). The number of methoxy groups -OCH3 is 1. The number of anilines is 1. The van der Waals surface area contributed by atoms with Crippen molar-refractivity contribution >= 4 is 39.1 Å². The van der Waals surface area contributed by atoms with Crippen LogP contribution in [-0.2, 0) is 26.2 Å². The fraction of sp³-hybridized carbons (Fsp3) is 0.355. The average molecular weight is 600 g/mol. The van der Waals surface area contributed by atoms with Crippen LogP contribution in [0, 0.1) is 6.92 Å². The van der Waals surface area contributed by atoms with Crippen molar-refractivity contribution in [3.63, 3.8) is 0 Å². The second kappa shape index (κ2) is 14.4. The first-order valence-corrected chi connectivity index (χ1v) is 15.4. The van der Waals surface area contributed by atoms with Crippen LogP contribution in [0.3, 0.4) is 0 Å². The fourth-order valence-corrected chi connectivity index (χ4v) is 5.90. The number of carbonyl (C=O) groups excluding carboxylic acids is 2. The molecule has 41 heavy (non-hydrogen) atoms. The molecule has 0 aliphatic carbocycles. The average Bonchev–Trinajstić information content (AvgIpc) is 2.96. The highest BCUT2D eigenvalue weighted by Gasteiger charge is 2.34. The van der Waals surface area contributed by atoms with E-state index in [1.807, 2.05) is 27.7 Å². The summed E-state index contributed by atoms with van der Waals surface area (Å²) in [7, 11) is -2.70. The Labute approximate surface area is 248 Å². The van der Waals surface area contributed by atoms with Gasteiger partial charge in [-0.1, -0.05) is 67.4 Å². The second-order valence-electron chi connectivity index (χ2n) is 9.88. The Balaban J connectivity index is 2.09. The van der Waals surface area contributed by atoms with Crippen molar-refractivity contribution in [2.45, 2.75) is 64.1 Å². The van der Waals surface area contributed by atoms with Crippen LogP contribution < -0.4 is 14.4 Å². The minimum atomic E-state index is -4.18. The Morgan fingerprint density at radius 2 is 1.66 bits per heavy atom. The molecule has 3 aromatic carbocycles. The standard InChI is InChI=1S/C31H38ClN3O5S/c1-6-23(4)33-31(37)29(7-2)34(20-24-11-8-9-14-28(24)32)30(36)21-35(25-12-10-13-26(19-25)40-5)41(38,39)27-17-15-22(3)16-18-27/h8-19,23,29H,6-7,20-21H2,1-5H3,(H,33,37). The van der Waals surface area contributed by atoms with E-state index >= 15 is 0 Å². The molecule has 10 heteroatoms. The largest absolute Gasteiger partial charge is 0.497 e.